The van der Waals surface area contributed by atoms with Crippen molar-refractivity contribution in [2.24, 2.45) is 5.92 Å². The largest absolute Gasteiger partial charge is 0.491 e. The maximum atomic E-state index is 15.5. The van der Waals surface area contributed by atoms with Crippen molar-refractivity contribution in [3.05, 3.63) is 155 Å². The first-order valence-electron chi connectivity index (χ1n) is 19.1. The number of hydrogen-bond donors (Lipinski definition) is 4. The number of carbonyl (C=O) groups is 3. The summed E-state index contributed by atoms with van der Waals surface area (Å²) in [5.74, 6) is 3.34. The number of aliphatic hydroxyl groups excluding tert-OH is 2. The zero-order valence-corrected chi connectivity index (χ0v) is 31.9. The maximum absolute atomic E-state index is 15.5. The lowest BCUT2D eigenvalue weighted by molar-refractivity contribution is -0.177. The van der Waals surface area contributed by atoms with Gasteiger partial charge in [0.2, 0.25) is 11.8 Å². The van der Waals surface area contributed by atoms with Crippen molar-refractivity contribution in [2.75, 3.05) is 30.5 Å². The van der Waals surface area contributed by atoms with Crippen LogP contribution in [0.4, 0.5) is 10.8 Å². The molecule has 2 saturated heterocycles. The molecule has 0 unspecified atom stereocenters. The summed E-state index contributed by atoms with van der Waals surface area (Å²) in [6, 6.07) is 36.2. The fourth-order valence-corrected chi connectivity index (χ4v) is 9.83. The van der Waals surface area contributed by atoms with E-state index in [1.165, 1.54) is 11.3 Å². The predicted octanol–water partition coefficient (Wildman–Crippen LogP) is 6.31. The molecule has 5 aromatic carbocycles. The number of cyclic esters (lactones) is 1. The second-order valence-electron chi connectivity index (χ2n) is 14.3. The summed E-state index contributed by atoms with van der Waals surface area (Å²) in [4.78, 5) is 52.7. The number of nitrogens with one attached hydrogen (secondary N) is 2. The number of ether oxygens (including phenoxy) is 2. The number of para-hydroxylation sites is 2. The van der Waals surface area contributed by atoms with E-state index in [9.17, 15) is 10.2 Å². The summed E-state index contributed by atoms with van der Waals surface area (Å²) < 4.78 is 13.6. The number of benzene rings is 5. The van der Waals surface area contributed by atoms with Crippen LogP contribution >= 0.6 is 11.3 Å². The van der Waals surface area contributed by atoms with Crippen LogP contribution < -0.4 is 15.4 Å². The zero-order chi connectivity index (χ0) is 39.8. The van der Waals surface area contributed by atoms with Gasteiger partial charge in [0, 0.05) is 23.2 Å². The van der Waals surface area contributed by atoms with Gasteiger partial charge in [-0.05, 0) is 53.1 Å². The van der Waals surface area contributed by atoms with Gasteiger partial charge in [0.15, 0.2) is 5.13 Å². The summed E-state index contributed by atoms with van der Waals surface area (Å²) in [7, 11) is 0. The van der Waals surface area contributed by atoms with E-state index in [0.29, 0.717) is 38.8 Å². The average Bonchev–Trinajstić information content (AvgIpc) is 3.90. The number of carbonyl (C=O) groups excluding carboxylic acids is 3. The van der Waals surface area contributed by atoms with E-state index >= 15 is 14.4 Å². The SMILES string of the molecule is O=C1O[C@H](c2ccccc2)[C@H](c2ccccc2)N2[C@H]1[C@@H](C(=O)Nc1nc3ccccc3s1)[C@]1(C(=O)Nc3ccc(C#CCCO)cc31)[C@H]2c1ccccc1OCCO. The highest BCUT2D eigenvalue weighted by Gasteiger charge is 2.74. The van der Waals surface area contributed by atoms with Crippen LogP contribution in [0.1, 0.15) is 52.4 Å². The van der Waals surface area contributed by atoms with Crippen LogP contribution in [0.2, 0.25) is 0 Å². The average molecular weight is 791 g/mol. The third kappa shape index (κ3) is 6.20. The van der Waals surface area contributed by atoms with E-state index in [1.807, 2.05) is 102 Å². The van der Waals surface area contributed by atoms with Crippen LogP contribution in [-0.4, -0.2) is 63.7 Å². The Kier molecular flexibility index (Phi) is 9.97. The number of anilines is 2. The summed E-state index contributed by atoms with van der Waals surface area (Å²) in [6.07, 6.45) is -0.602. The van der Waals surface area contributed by atoms with Crippen LogP contribution in [0, 0.1) is 17.8 Å². The molecule has 4 heterocycles. The second-order valence-corrected chi connectivity index (χ2v) is 15.4. The van der Waals surface area contributed by atoms with Crippen LogP contribution in [0.25, 0.3) is 10.2 Å². The molecule has 9 rings (SSSR count). The monoisotopic (exact) mass is 790 g/mol. The topological polar surface area (TPSA) is 150 Å². The molecule has 6 aromatic rings. The molecule has 0 saturated carbocycles. The molecular weight excluding hydrogens is 753 g/mol. The highest BCUT2D eigenvalue weighted by molar-refractivity contribution is 7.22. The van der Waals surface area contributed by atoms with Gasteiger partial charge >= 0.3 is 5.97 Å². The van der Waals surface area contributed by atoms with Crippen molar-refractivity contribution in [3.8, 4) is 17.6 Å². The Morgan fingerprint density at radius 2 is 1.60 bits per heavy atom. The zero-order valence-electron chi connectivity index (χ0n) is 31.1. The first-order valence-corrected chi connectivity index (χ1v) is 19.9. The van der Waals surface area contributed by atoms with E-state index in [1.54, 1.807) is 30.3 Å². The third-order valence-corrected chi connectivity index (χ3v) is 12.1. The Morgan fingerprint density at radius 1 is 0.879 bits per heavy atom. The Hall–Kier alpha value is -6.36. The fraction of sp³-hybridized carbons (Fsp3) is 0.217. The molecule has 11 nitrogen and oxygen atoms in total. The van der Waals surface area contributed by atoms with Gasteiger partial charge in [0.25, 0.3) is 0 Å². The van der Waals surface area contributed by atoms with Gasteiger partial charge in [-0.15, -0.1) is 0 Å². The molecule has 2 amide bonds. The fourth-order valence-electron chi connectivity index (χ4n) is 8.96. The lowest BCUT2D eigenvalue weighted by Crippen LogP contribution is -2.53. The number of aliphatic hydroxyl groups is 2. The van der Waals surface area contributed by atoms with Crippen molar-refractivity contribution in [1.29, 1.82) is 0 Å². The van der Waals surface area contributed by atoms with Crippen molar-refractivity contribution >= 4 is 50.2 Å². The highest BCUT2D eigenvalue weighted by Crippen LogP contribution is 2.65. The molecule has 3 aliphatic heterocycles. The molecule has 2 fully saturated rings. The molecule has 1 aromatic heterocycles. The quantitative estimate of drug-likeness (QED) is 0.0977. The maximum Gasteiger partial charge on any atom is 0.324 e. The van der Waals surface area contributed by atoms with Crippen molar-refractivity contribution in [3.63, 3.8) is 0 Å². The number of esters is 1. The van der Waals surface area contributed by atoms with Crippen molar-refractivity contribution < 1.29 is 34.1 Å². The number of amides is 2. The van der Waals surface area contributed by atoms with Gasteiger partial charge in [-0.2, -0.15) is 0 Å². The lowest BCUT2D eigenvalue weighted by Gasteiger charge is -2.46. The van der Waals surface area contributed by atoms with E-state index in [0.717, 1.165) is 15.8 Å². The van der Waals surface area contributed by atoms with Gasteiger partial charge in [-0.25, -0.2) is 4.98 Å². The summed E-state index contributed by atoms with van der Waals surface area (Å²) in [6.45, 7) is -0.422. The van der Waals surface area contributed by atoms with Gasteiger partial charge in [-0.1, -0.05) is 114 Å². The number of hydrogen-bond acceptors (Lipinski definition) is 10. The van der Waals surface area contributed by atoms with Crippen molar-refractivity contribution in [2.45, 2.75) is 36.1 Å². The minimum absolute atomic E-state index is 0.0359. The smallest absolute Gasteiger partial charge is 0.324 e. The van der Waals surface area contributed by atoms with Crippen LogP contribution in [-0.2, 0) is 24.5 Å². The van der Waals surface area contributed by atoms with Crippen LogP contribution in [0.3, 0.4) is 0 Å². The first-order chi connectivity index (χ1) is 28.4. The standard InChI is InChI=1S/C46H38N4O7S/c51-24-12-11-13-28-22-23-33-32(27-28)46(44(55)47-33)37(42(53)49-45-48-34-19-8-10-21-36(34)58-45)39-43(54)57-40(30-16-5-2-6-17-30)38(29-14-3-1-4-15-29)50(39)41(46)31-18-7-9-20-35(31)56-26-25-52/h1-10,14-23,27,37-41,51-52H,12,24-26H2,(H,47,55)(H,48,49,53)/t37-,38-,39-,40+,41+,46-/m0/s1. The molecule has 58 heavy (non-hydrogen) atoms. The Morgan fingerprint density at radius 3 is 2.36 bits per heavy atom. The Labute approximate surface area is 338 Å². The molecule has 3 aliphatic rings. The summed E-state index contributed by atoms with van der Waals surface area (Å²) >= 11 is 1.29. The molecular formula is C46H38N4O7S. The first kappa shape index (κ1) is 37.2. The Bertz CT molecular complexity index is 2560. The number of thiazole rings is 1. The molecule has 0 bridgehead atoms. The number of fused-ring (bicyclic) bond motifs is 4. The minimum Gasteiger partial charge on any atom is -0.491 e. The molecule has 290 valence electrons. The minimum atomic E-state index is -1.79. The second kappa shape index (κ2) is 15.5. The van der Waals surface area contributed by atoms with Gasteiger partial charge < -0.3 is 30.3 Å². The normalized spacial score (nSPS) is 23.4. The van der Waals surface area contributed by atoms with E-state index in [-0.39, 0.29) is 26.2 Å². The van der Waals surface area contributed by atoms with Gasteiger partial charge in [0.1, 0.15) is 29.9 Å². The van der Waals surface area contributed by atoms with Gasteiger partial charge in [0.05, 0.1) is 41.4 Å². The molecule has 4 N–H and O–H groups in total. The van der Waals surface area contributed by atoms with Gasteiger partial charge in [-0.3, -0.25) is 19.3 Å². The number of nitrogens with zero attached hydrogens (tertiary/aromatic N) is 2. The van der Waals surface area contributed by atoms with Crippen LogP contribution in [0.5, 0.6) is 5.75 Å². The highest BCUT2D eigenvalue weighted by atomic mass is 32.1. The van der Waals surface area contributed by atoms with Crippen LogP contribution in [0.15, 0.2) is 127 Å². The molecule has 0 aliphatic carbocycles. The predicted molar refractivity (Wildman–Crippen MR) is 219 cm³/mol. The summed E-state index contributed by atoms with van der Waals surface area (Å²) in [5.41, 5.74) is 2.50. The lowest BCUT2D eigenvalue weighted by atomic mass is 9.65. The number of rotatable bonds is 9. The van der Waals surface area contributed by atoms with E-state index in [4.69, 9.17) is 14.5 Å². The third-order valence-electron chi connectivity index (χ3n) is 11.1. The molecule has 12 heteroatoms. The van der Waals surface area contributed by atoms with E-state index in [2.05, 4.69) is 22.5 Å². The summed E-state index contributed by atoms with van der Waals surface area (Å²) in [5, 5.41) is 25.9. The molecule has 0 radical (unpaired) electrons. The number of morpholine rings is 1. The number of aromatic nitrogens is 1. The van der Waals surface area contributed by atoms with Crippen molar-refractivity contribution in [1.82, 2.24) is 9.88 Å². The Balaban J connectivity index is 1.34. The van der Waals surface area contributed by atoms with E-state index < -0.39 is 53.3 Å². The molecule has 6 atom stereocenters. The molecule has 1 spiro atoms.